The summed E-state index contributed by atoms with van der Waals surface area (Å²) in [5, 5.41) is 3.61. The Morgan fingerprint density at radius 1 is 1.28 bits per heavy atom. The summed E-state index contributed by atoms with van der Waals surface area (Å²) in [5.74, 6) is 1.31. The van der Waals surface area contributed by atoms with Crippen molar-refractivity contribution in [1.29, 1.82) is 0 Å². The smallest absolute Gasteiger partial charge is 0.151 e. The molecule has 2 fully saturated rings. The van der Waals surface area contributed by atoms with E-state index in [1.807, 2.05) is 0 Å². The Hall–Kier alpha value is -0.130. The largest absolute Gasteiger partial charge is 0.310 e. The number of nitrogens with one attached hydrogen (secondary N) is 1. The van der Waals surface area contributed by atoms with Gasteiger partial charge in [-0.15, -0.1) is 0 Å². The zero-order valence-electron chi connectivity index (χ0n) is 11.7. The number of rotatable bonds is 2. The highest BCUT2D eigenvalue weighted by atomic mass is 32.2. The second kappa shape index (κ2) is 5.47. The number of nitrogens with zero attached hydrogens (tertiary/aromatic N) is 1. The number of likely N-dealkylation sites (tertiary alicyclic amines) is 1. The lowest BCUT2D eigenvalue weighted by molar-refractivity contribution is 0.116. The highest BCUT2D eigenvalue weighted by Gasteiger charge is 2.32. The Kier molecular flexibility index (Phi) is 4.34. The van der Waals surface area contributed by atoms with Crippen LogP contribution in [-0.2, 0) is 9.84 Å². The van der Waals surface area contributed by atoms with Crippen molar-refractivity contribution in [3.63, 3.8) is 0 Å². The van der Waals surface area contributed by atoms with Crippen LogP contribution in [0.15, 0.2) is 0 Å². The van der Waals surface area contributed by atoms with Gasteiger partial charge in [0.15, 0.2) is 9.84 Å². The van der Waals surface area contributed by atoms with E-state index in [1.54, 1.807) is 0 Å². The predicted molar refractivity (Wildman–Crippen MR) is 74.5 cm³/mol. The zero-order chi connectivity index (χ0) is 13.3. The summed E-state index contributed by atoms with van der Waals surface area (Å²) in [7, 11) is -0.628. The lowest BCUT2D eigenvalue weighted by Crippen LogP contribution is -2.55. The van der Waals surface area contributed by atoms with E-state index in [1.165, 1.54) is 0 Å². The lowest BCUT2D eigenvalue weighted by Gasteiger charge is -2.42. The van der Waals surface area contributed by atoms with E-state index in [0.717, 1.165) is 25.8 Å². The van der Waals surface area contributed by atoms with Crippen molar-refractivity contribution in [2.24, 2.45) is 5.92 Å². The van der Waals surface area contributed by atoms with Gasteiger partial charge in [0.25, 0.3) is 0 Å². The Bertz CT molecular complexity index is 382. The summed E-state index contributed by atoms with van der Waals surface area (Å²) in [5.41, 5.74) is 0. The molecule has 0 saturated carbocycles. The molecule has 0 amide bonds. The van der Waals surface area contributed by atoms with Crippen LogP contribution in [-0.4, -0.2) is 56.5 Å². The van der Waals surface area contributed by atoms with E-state index in [0.29, 0.717) is 29.5 Å². The average molecular weight is 274 g/mol. The molecule has 0 spiro atoms. The second-order valence-electron chi connectivity index (χ2n) is 6.23. The minimum Gasteiger partial charge on any atom is -0.310 e. The molecule has 106 valence electrons. The van der Waals surface area contributed by atoms with Gasteiger partial charge < -0.3 is 10.2 Å². The molecule has 0 aromatic heterocycles. The van der Waals surface area contributed by atoms with Crippen LogP contribution in [0.3, 0.4) is 0 Å². The number of hydrogen-bond acceptors (Lipinski definition) is 4. The van der Waals surface area contributed by atoms with Crippen LogP contribution < -0.4 is 5.32 Å². The molecule has 2 saturated heterocycles. The first-order valence-corrected chi connectivity index (χ1v) is 8.86. The van der Waals surface area contributed by atoms with Gasteiger partial charge in [-0.05, 0) is 39.2 Å². The van der Waals surface area contributed by atoms with Crippen LogP contribution in [0, 0.1) is 5.92 Å². The Labute approximate surface area is 111 Å². The van der Waals surface area contributed by atoms with Crippen LogP contribution in [0.5, 0.6) is 0 Å². The van der Waals surface area contributed by atoms with E-state index in [9.17, 15) is 8.42 Å². The number of hydrogen-bond donors (Lipinski definition) is 1. The zero-order valence-corrected chi connectivity index (χ0v) is 12.5. The van der Waals surface area contributed by atoms with Gasteiger partial charge in [-0.1, -0.05) is 6.92 Å². The molecular formula is C13H26N2O2S. The summed E-state index contributed by atoms with van der Waals surface area (Å²) < 4.78 is 23.3. The number of piperidine rings is 1. The van der Waals surface area contributed by atoms with E-state index in [4.69, 9.17) is 0 Å². The average Bonchev–Trinajstić information content (AvgIpc) is 2.24. The quantitative estimate of drug-likeness (QED) is 0.812. The maximum atomic E-state index is 11.7. The first-order chi connectivity index (χ1) is 8.37. The molecule has 0 radical (unpaired) electrons. The molecule has 2 rings (SSSR count). The highest BCUT2D eigenvalue weighted by Crippen LogP contribution is 2.23. The van der Waals surface area contributed by atoms with Crippen molar-refractivity contribution >= 4 is 9.84 Å². The van der Waals surface area contributed by atoms with Gasteiger partial charge in [-0.3, -0.25) is 0 Å². The summed E-state index contributed by atoms with van der Waals surface area (Å²) >= 11 is 0. The molecule has 2 aliphatic heterocycles. The first kappa shape index (κ1) is 14.3. The Morgan fingerprint density at radius 3 is 2.67 bits per heavy atom. The Morgan fingerprint density at radius 2 is 2.00 bits per heavy atom. The van der Waals surface area contributed by atoms with Crippen molar-refractivity contribution in [3.8, 4) is 0 Å². The summed E-state index contributed by atoms with van der Waals surface area (Å²) in [6.07, 6.45) is 2.94. The van der Waals surface area contributed by atoms with Crippen LogP contribution in [0.25, 0.3) is 0 Å². The standard InChI is InChI=1S/C13H26N2O2S/c1-10-8-15(3)11(2)7-13(10)14-12-5-4-6-18(16,17)9-12/h10-14H,4-9H2,1-3H3. The summed E-state index contributed by atoms with van der Waals surface area (Å²) in [6, 6.07) is 1.22. The molecular weight excluding hydrogens is 248 g/mol. The summed E-state index contributed by atoms with van der Waals surface area (Å²) in [6.45, 7) is 5.61. The third-order valence-corrected chi connectivity index (χ3v) is 6.34. The van der Waals surface area contributed by atoms with Gasteiger partial charge in [0.05, 0.1) is 11.5 Å². The molecule has 0 bridgehead atoms. The summed E-state index contributed by atoms with van der Waals surface area (Å²) in [4.78, 5) is 2.39. The third-order valence-electron chi connectivity index (χ3n) is 4.52. The van der Waals surface area contributed by atoms with E-state index in [2.05, 4.69) is 31.1 Å². The molecule has 5 heteroatoms. The topological polar surface area (TPSA) is 49.4 Å². The van der Waals surface area contributed by atoms with Gasteiger partial charge in [0, 0.05) is 24.7 Å². The molecule has 0 aromatic carbocycles. The van der Waals surface area contributed by atoms with E-state index >= 15 is 0 Å². The lowest BCUT2D eigenvalue weighted by atomic mass is 9.89. The highest BCUT2D eigenvalue weighted by molar-refractivity contribution is 7.91. The fourth-order valence-electron chi connectivity index (χ4n) is 3.23. The van der Waals surface area contributed by atoms with Gasteiger partial charge in [0.1, 0.15) is 0 Å². The molecule has 0 aromatic rings. The van der Waals surface area contributed by atoms with Gasteiger partial charge in [0.2, 0.25) is 0 Å². The van der Waals surface area contributed by atoms with Crippen LogP contribution >= 0.6 is 0 Å². The molecule has 1 N–H and O–H groups in total. The van der Waals surface area contributed by atoms with Crippen molar-refractivity contribution in [1.82, 2.24) is 10.2 Å². The van der Waals surface area contributed by atoms with Crippen molar-refractivity contribution in [2.45, 2.75) is 51.2 Å². The third kappa shape index (κ3) is 3.45. The second-order valence-corrected chi connectivity index (χ2v) is 8.46. The molecule has 0 aliphatic carbocycles. The monoisotopic (exact) mass is 274 g/mol. The van der Waals surface area contributed by atoms with Crippen molar-refractivity contribution < 1.29 is 8.42 Å². The van der Waals surface area contributed by atoms with Crippen molar-refractivity contribution in [2.75, 3.05) is 25.1 Å². The molecule has 4 atom stereocenters. The maximum Gasteiger partial charge on any atom is 0.151 e. The van der Waals surface area contributed by atoms with Crippen LogP contribution in [0.2, 0.25) is 0 Å². The minimum atomic E-state index is -2.80. The Balaban J connectivity index is 1.92. The van der Waals surface area contributed by atoms with E-state index < -0.39 is 9.84 Å². The van der Waals surface area contributed by atoms with Gasteiger partial charge in [-0.2, -0.15) is 0 Å². The van der Waals surface area contributed by atoms with Gasteiger partial charge >= 0.3 is 0 Å². The molecule has 4 unspecified atom stereocenters. The first-order valence-electron chi connectivity index (χ1n) is 7.04. The normalized spacial score (nSPS) is 41.7. The van der Waals surface area contributed by atoms with Gasteiger partial charge in [-0.25, -0.2) is 8.42 Å². The molecule has 2 heterocycles. The van der Waals surface area contributed by atoms with E-state index in [-0.39, 0.29) is 6.04 Å². The number of sulfone groups is 1. The minimum absolute atomic E-state index is 0.173. The van der Waals surface area contributed by atoms with Crippen LogP contribution in [0.1, 0.15) is 33.1 Å². The molecule has 2 aliphatic rings. The SMILES string of the molecule is CC1CN(C)C(C)CC1NC1CCCS(=O)(=O)C1. The fraction of sp³-hybridized carbons (Fsp3) is 1.00. The van der Waals surface area contributed by atoms with Crippen molar-refractivity contribution in [3.05, 3.63) is 0 Å². The molecule has 18 heavy (non-hydrogen) atoms. The van der Waals surface area contributed by atoms with Crippen LogP contribution in [0.4, 0.5) is 0 Å². The molecule has 4 nitrogen and oxygen atoms in total. The maximum absolute atomic E-state index is 11.7. The fourth-order valence-corrected chi connectivity index (χ4v) is 4.88. The predicted octanol–water partition coefficient (Wildman–Crippen LogP) is 0.882.